The Labute approximate surface area is 79.3 Å². The zero-order valence-electron chi connectivity index (χ0n) is 8.23. The fourth-order valence-corrected chi connectivity index (χ4v) is 2.85. The van der Waals surface area contributed by atoms with Gasteiger partial charge in [-0.3, -0.25) is 4.79 Å². The number of nitrogens with one attached hydrogen (secondary N) is 2. The molecule has 0 unspecified atom stereocenters. The molecule has 2 atom stereocenters. The van der Waals surface area contributed by atoms with Gasteiger partial charge in [-0.05, 0) is 25.3 Å². The van der Waals surface area contributed by atoms with Crippen LogP contribution in [0, 0.1) is 11.3 Å². The highest BCUT2D eigenvalue weighted by Gasteiger charge is 2.45. The fraction of sp³-hybridized carbons (Fsp3) is 0.900. The second kappa shape index (κ2) is 3.29. The summed E-state index contributed by atoms with van der Waals surface area (Å²) in [5.74, 6) is 0.909. The molecule has 1 saturated carbocycles. The maximum Gasteiger partial charge on any atom is 0.216 e. The Morgan fingerprint density at radius 2 is 2.54 bits per heavy atom. The van der Waals surface area contributed by atoms with Gasteiger partial charge in [-0.2, -0.15) is 0 Å². The molecule has 2 aliphatic rings. The van der Waals surface area contributed by atoms with Crippen LogP contribution in [0.3, 0.4) is 0 Å². The van der Waals surface area contributed by atoms with E-state index in [1.807, 2.05) is 0 Å². The van der Waals surface area contributed by atoms with Crippen molar-refractivity contribution < 1.29 is 4.79 Å². The first-order valence-corrected chi connectivity index (χ1v) is 5.18. The van der Waals surface area contributed by atoms with E-state index < -0.39 is 0 Å². The second-order valence-electron chi connectivity index (χ2n) is 4.49. The molecule has 1 amide bonds. The molecule has 1 saturated heterocycles. The summed E-state index contributed by atoms with van der Waals surface area (Å²) in [5.41, 5.74) is 0.395. The summed E-state index contributed by atoms with van der Waals surface area (Å²) >= 11 is 0. The first-order valence-electron chi connectivity index (χ1n) is 5.18. The minimum Gasteiger partial charge on any atom is -0.356 e. The fourth-order valence-electron chi connectivity index (χ4n) is 2.85. The number of carbonyl (C=O) groups is 1. The summed E-state index contributed by atoms with van der Waals surface area (Å²) < 4.78 is 0. The third kappa shape index (κ3) is 1.57. The van der Waals surface area contributed by atoms with Gasteiger partial charge in [0.1, 0.15) is 0 Å². The highest BCUT2D eigenvalue weighted by atomic mass is 16.1. The predicted molar refractivity (Wildman–Crippen MR) is 51.3 cm³/mol. The summed E-state index contributed by atoms with van der Waals surface area (Å²) in [7, 11) is 0. The molecule has 0 spiro atoms. The van der Waals surface area contributed by atoms with Gasteiger partial charge in [0.05, 0.1) is 0 Å². The lowest BCUT2D eigenvalue weighted by molar-refractivity contribution is -0.119. The third-order valence-corrected chi connectivity index (χ3v) is 3.65. The topological polar surface area (TPSA) is 41.1 Å². The number of amides is 1. The van der Waals surface area contributed by atoms with Crippen LogP contribution >= 0.6 is 0 Å². The van der Waals surface area contributed by atoms with E-state index in [9.17, 15) is 4.79 Å². The normalized spacial score (nSPS) is 37.5. The SMILES string of the molecule is CC(=O)NC[C@]12CCC[C@@H]1CNC2. The lowest BCUT2D eigenvalue weighted by atomic mass is 9.81. The summed E-state index contributed by atoms with van der Waals surface area (Å²) in [6.45, 7) is 4.72. The number of hydrogen-bond acceptors (Lipinski definition) is 2. The summed E-state index contributed by atoms with van der Waals surface area (Å²) in [5, 5.41) is 6.41. The van der Waals surface area contributed by atoms with Gasteiger partial charge in [0.2, 0.25) is 5.91 Å². The molecular formula is C10H18N2O. The van der Waals surface area contributed by atoms with Gasteiger partial charge < -0.3 is 10.6 Å². The molecule has 3 nitrogen and oxygen atoms in total. The van der Waals surface area contributed by atoms with Crippen molar-refractivity contribution in [2.75, 3.05) is 19.6 Å². The van der Waals surface area contributed by atoms with Crippen molar-refractivity contribution in [1.82, 2.24) is 10.6 Å². The molecule has 1 aliphatic carbocycles. The average Bonchev–Trinajstić information content (AvgIpc) is 2.57. The monoisotopic (exact) mass is 182 g/mol. The van der Waals surface area contributed by atoms with E-state index in [1.165, 1.54) is 19.3 Å². The number of hydrogen-bond donors (Lipinski definition) is 2. The minimum absolute atomic E-state index is 0.104. The number of rotatable bonds is 2. The quantitative estimate of drug-likeness (QED) is 0.653. The van der Waals surface area contributed by atoms with Crippen LogP contribution in [-0.2, 0) is 4.79 Å². The molecule has 1 heterocycles. The van der Waals surface area contributed by atoms with Gasteiger partial charge in [0.25, 0.3) is 0 Å². The Bertz CT molecular complexity index is 205. The summed E-state index contributed by atoms with van der Waals surface area (Å²) in [6, 6.07) is 0. The van der Waals surface area contributed by atoms with Gasteiger partial charge in [-0.1, -0.05) is 6.42 Å². The van der Waals surface area contributed by atoms with Crippen LogP contribution in [0.15, 0.2) is 0 Å². The molecule has 2 rings (SSSR count). The van der Waals surface area contributed by atoms with Crippen LogP contribution in [0.25, 0.3) is 0 Å². The Hall–Kier alpha value is -0.570. The largest absolute Gasteiger partial charge is 0.356 e. The second-order valence-corrected chi connectivity index (χ2v) is 4.49. The Balaban J connectivity index is 1.97. The lowest BCUT2D eigenvalue weighted by Gasteiger charge is -2.28. The molecule has 13 heavy (non-hydrogen) atoms. The van der Waals surface area contributed by atoms with E-state index in [1.54, 1.807) is 6.92 Å². The van der Waals surface area contributed by atoms with Crippen LogP contribution in [0.5, 0.6) is 0 Å². The van der Waals surface area contributed by atoms with Crippen LogP contribution < -0.4 is 10.6 Å². The highest BCUT2D eigenvalue weighted by molar-refractivity contribution is 5.72. The molecule has 2 fully saturated rings. The van der Waals surface area contributed by atoms with Crippen molar-refractivity contribution in [2.45, 2.75) is 26.2 Å². The van der Waals surface area contributed by atoms with Crippen molar-refractivity contribution in [3.8, 4) is 0 Å². The van der Waals surface area contributed by atoms with Gasteiger partial charge in [-0.25, -0.2) is 0 Å². The van der Waals surface area contributed by atoms with E-state index in [0.29, 0.717) is 5.41 Å². The zero-order chi connectivity index (χ0) is 9.31. The Morgan fingerprint density at radius 1 is 1.69 bits per heavy atom. The maximum atomic E-state index is 10.9. The van der Waals surface area contributed by atoms with Crippen molar-refractivity contribution in [1.29, 1.82) is 0 Å². The maximum absolute atomic E-state index is 10.9. The summed E-state index contributed by atoms with van der Waals surface area (Å²) in [6.07, 6.45) is 3.96. The van der Waals surface area contributed by atoms with E-state index in [4.69, 9.17) is 0 Å². The molecule has 2 N–H and O–H groups in total. The third-order valence-electron chi connectivity index (χ3n) is 3.65. The molecule has 0 aromatic carbocycles. The van der Waals surface area contributed by atoms with E-state index in [0.717, 1.165) is 25.6 Å². The van der Waals surface area contributed by atoms with Crippen LogP contribution in [0.1, 0.15) is 26.2 Å². The van der Waals surface area contributed by atoms with Crippen molar-refractivity contribution in [3.63, 3.8) is 0 Å². The van der Waals surface area contributed by atoms with Crippen LogP contribution in [0.2, 0.25) is 0 Å². The van der Waals surface area contributed by atoms with E-state index >= 15 is 0 Å². The lowest BCUT2D eigenvalue weighted by Crippen LogP contribution is -2.39. The molecular weight excluding hydrogens is 164 g/mol. The van der Waals surface area contributed by atoms with Crippen molar-refractivity contribution in [3.05, 3.63) is 0 Å². The van der Waals surface area contributed by atoms with Crippen molar-refractivity contribution in [2.24, 2.45) is 11.3 Å². The van der Waals surface area contributed by atoms with Crippen LogP contribution in [0.4, 0.5) is 0 Å². The standard InChI is InChI=1S/C10H18N2O/c1-8(13)12-7-10-4-2-3-9(10)5-11-6-10/h9,11H,2-7H2,1H3,(H,12,13)/t9-,10-/m1/s1. The van der Waals surface area contributed by atoms with E-state index in [2.05, 4.69) is 10.6 Å². The van der Waals surface area contributed by atoms with Gasteiger partial charge in [0.15, 0.2) is 0 Å². The average molecular weight is 182 g/mol. The van der Waals surface area contributed by atoms with Gasteiger partial charge >= 0.3 is 0 Å². The summed E-state index contributed by atoms with van der Waals surface area (Å²) in [4.78, 5) is 10.9. The van der Waals surface area contributed by atoms with Gasteiger partial charge in [0, 0.05) is 25.4 Å². The Kier molecular flexibility index (Phi) is 2.28. The molecule has 0 radical (unpaired) electrons. The molecule has 74 valence electrons. The number of fused-ring (bicyclic) bond motifs is 1. The Morgan fingerprint density at radius 3 is 3.31 bits per heavy atom. The molecule has 1 aliphatic heterocycles. The number of carbonyl (C=O) groups excluding carboxylic acids is 1. The zero-order valence-corrected chi connectivity index (χ0v) is 8.23. The molecule has 0 aromatic heterocycles. The predicted octanol–water partition coefficient (Wildman–Crippen LogP) is 0.512. The molecule has 3 heteroatoms. The highest BCUT2D eigenvalue weighted by Crippen LogP contribution is 2.45. The smallest absolute Gasteiger partial charge is 0.216 e. The molecule has 0 aromatic rings. The first-order chi connectivity index (χ1) is 6.23. The van der Waals surface area contributed by atoms with Crippen LogP contribution in [-0.4, -0.2) is 25.5 Å². The minimum atomic E-state index is 0.104. The first kappa shape index (κ1) is 9.00. The molecule has 0 bridgehead atoms. The van der Waals surface area contributed by atoms with E-state index in [-0.39, 0.29) is 5.91 Å². The van der Waals surface area contributed by atoms with Gasteiger partial charge in [-0.15, -0.1) is 0 Å². The van der Waals surface area contributed by atoms with Crippen molar-refractivity contribution >= 4 is 5.91 Å².